The van der Waals surface area contributed by atoms with E-state index in [1.165, 1.54) is 6.08 Å². The van der Waals surface area contributed by atoms with Gasteiger partial charge in [0.05, 0.1) is 6.54 Å². The lowest BCUT2D eigenvalue weighted by atomic mass is 10.5. The Labute approximate surface area is 50.8 Å². The molecule has 0 amide bonds. The maximum Gasteiger partial charge on any atom is 0.234 e. The van der Waals surface area contributed by atoms with Crippen molar-refractivity contribution < 1.29 is 4.79 Å². The number of nitrogens with zero attached hydrogens (tertiary/aromatic N) is 1. The van der Waals surface area contributed by atoms with E-state index in [1.54, 1.807) is 0 Å². The second kappa shape index (κ2) is 4.03. The van der Waals surface area contributed by atoms with Gasteiger partial charge in [0.2, 0.25) is 6.08 Å². The molecule has 1 unspecified atom stereocenters. The van der Waals surface area contributed by atoms with E-state index in [9.17, 15) is 4.79 Å². The van der Waals surface area contributed by atoms with Crippen molar-refractivity contribution >= 4 is 22.0 Å². The van der Waals surface area contributed by atoms with Gasteiger partial charge in [-0.1, -0.05) is 22.9 Å². The minimum absolute atomic E-state index is 0.286. The van der Waals surface area contributed by atoms with Crippen molar-refractivity contribution in [2.75, 3.05) is 6.54 Å². The molecule has 40 valence electrons. The summed E-state index contributed by atoms with van der Waals surface area (Å²) in [5.41, 5.74) is 0. The quantitative estimate of drug-likeness (QED) is 0.341. The summed E-state index contributed by atoms with van der Waals surface area (Å²) < 4.78 is 0. The number of isocyanates is 1. The van der Waals surface area contributed by atoms with Crippen LogP contribution in [0.2, 0.25) is 0 Å². The first kappa shape index (κ1) is 6.86. The van der Waals surface area contributed by atoms with E-state index in [2.05, 4.69) is 20.9 Å². The van der Waals surface area contributed by atoms with Crippen LogP contribution in [0.1, 0.15) is 6.92 Å². The lowest BCUT2D eigenvalue weighted by Crippen LogP contribution is -1.92. The van der Waals surface area contributed by atoms with Gasteiger partial charge >= 0.3 is 0 Å². The van der Waals surface area contributed by atoms with Crippen molar-refractivity contribution in [3.8, 4) is 0 Å². The van der Waals surface area contributed by atoms with Crippen LogP contribution >= 0.6 is 15.9 Å². The highest BCUT2D eigenvalue weighted by atomic mass is 79.9. The Morgan fingerprint density at radius 1 is 2.00 bits per heavy atom. The highest BCUT2D eigenvalue weighted by Gasteiger charge is 1.88. The Morgan fingerprint density at radius 2 is 2.57 bits per heavy atom. The van der Waals surface area contributed by atoms with Crippen LogP contribution in [0.25, 0.3) is 0 Å². The summed E-state index contributed by atoms with van der Waals surface area (Å²) in [6.45, 7) is 2.43. The maximum atomic E-state index is 9.40. The highest BCUT2D eigenvalue weighted by molar-refractivity contribution is 9.09. The summed E-state index contributed by atoms with van der Waals surface area (Å²) in [7, 11) is 0. The zero-order valence-corrected chi connectivity index (χ0v) is 5.60. The van der Waals surface area contributed by atoms with Crippen LogP contribution < -0.4 is 0 Å². The van der Waals surface area contributed by atoms with E-state index >= 15 is 0 Å². The van der Waals surface area contributed by atoms with Crippen molar-refractivity contribution in [3.63, 3.8) is 0 Å². The summed E-state index contributed by atoms with van der Waals surface area (Å²) in [5.74, 6) is 0. The van der Waals surface area contributed by atoms with Crippen LogP contribution in [0.4, 0.5) is 0 Å². The molecule has 0 fully saturated rings. The van der Waals surface area contributed by atoms with Crippen molar-refractivity contribution in [1.82, 2.24) is 0 Å². The fraction of sp³-hybridized carbons (Fsp3) is 0.750. The zero-order chi connectivity index (χ0) is 5.70. The van der Waals surface area contributed by atoms with E-state index in [0.717, 1.165) is 0 Å². The van der Waals surface area contributed by atoms with E-state index in [4.69, 9.17) is 0 Å². The summed E-state index contributed by atoms with van der Waals surface area (Å²) in [6, 6.07) is 0. The molecule has 0 N–H and O–H groups in total. The SMILES string of the molecule is CC(Br)CN=C=O. The first-order valence-corrected chi connectivity index (χ1v) is 2.86. The number of hydrogen-bond donors (Lipinski definition) is 0. The third kappa shape index (κ3) is 5.86. The minimum atomic E-state index is 0.286. The van der Waals surface area contributed by atoms with Crippen LogP contribution in [-0.4, -0.2) is 17.5 Å². The Hall–Kier alpha value is -0.140. The first-order chi connectivity index (χ1) is 3.27. The van der Waals surface area contributed by atoms with Crippen LogP contribution in [0.3, 0.4) is 0 Å². The molecule has 0 aromatic carbocycles. The molecule has 2 nitrogen and oxygen atoms in total. The Kier molecular flexibility index (Phi) is 3.95. The third-order valence-corrected chi connectivity index (χ3v) is 0.697. The predicted molar refractivity (Wildman–Crippen MR) is 31.4 cm³/mol. The molecule has 0 rings (SSSR count). The molecular formula is C4H6BrNO. The smallest absolute Gasteiger partial charge is 0.211 e. The molecule has 0 heterocycles. The second-order valence-electron chi connectivity index (χ2n) is 1.21. The number of halogens is 1. The van der Waals surface area contributed by atoms with Gasteiger partial charge in [0.1, 0.15) is 0 Å². The zero-order valence-electron chi connectivity index (χ0n) is 4.02. The molecular weight excluding hydrogens is 158 g/mol. The van der Waals surface area contributed by atoms with Gasteiger partial charge in [-0.2, -0.15) is 0 Å². The second-order valence-corrected chi connectivity index (χ2v) is 2.78. The summed E-state index contributed by atoms with van der Waals surface area (Å²) in [5, 5.41) is 0. The molecule has 7 heavy (non-hydrogen) atoms. The van der Waals surface area contributed by atoms with Gasteiger partial charge < -0.3 is 0 Å². The summed E-state index contributed by atoms with van der Waals surface area (Å²) in [6.07, 6.45) is 1.44. The molecule has 1 atom stereocenters. The summed E-state index contributed by atoms with van der Waals surface area (Å²) in [4.78, 5) is 13.0. The van der Waals surface area contributed by atoms with E-state index in [1.807, 2.05) is 6.92 Å². The fourth-order valence-corrected chi connectivity index (χ4v) is 0.308. The molecule has 0 aromatic heterocycles. The highest BCUT2D eigenvalue weighted by Crippen LogP contribution is 1.94. The lowest BCUT2D eigenvalue weighted by molar-refractivity contribution is 0.563. The number of rotatable bonds is 2. The van der Waals surface area contributed by atoms with Gasteiger partial charge in [-0.05, 0) is 0 Å². The summed E-state index contributed by atoms with van der Waals surface area (Å²) >= 11 is 3.20. The molecule has 0 saturated heterocycles. The number of aliphatic imine (C=N–C) groups is 1. The topological polar surface area (TPSA) is 29.4 Å². The van der Waals surface area contributed by atoms with Crippen molar-refractivity contribution in [2.24, 2.45) is 4.99 Å². The molecule has 0 bridgehead atoms. The number of hydrogen-bond acceptors (Lipinski definition) is 2. The van der Waals surface area contributed by atoms with Crippen molar-refractivity contribution in [1.29, 1.82) is 0 Å². The maximum absolute atomic E-state index is 9.40. The fourth-order valence-electron chi connectivity index (χ4n) is 0.163. The molecule has 0 spiro atoms. The normalized spacial score (nSPS) is 12.3. The van der Waals surface area contributed by atoms with Crippen molar-refractivity contribution in [2.45, 2.75) is 11.8 Å². The van der Waals surface area contributed by atoms with Gasteiger partial charge in [-0.15, -0.1) is 0 Å². The molecule has 0 radical (unpaired) electrons. The molecule has 0 aromatic rings. The van der Waals surface area contributed by atoms with Gasteiger partial charge in [-0.3, -0.25) is 0 Å². The van der Waals surface area contributed by atoms with Gasteiger partial charge in [0.15, 0.2) is 0 Å². The van der Waals surface area contributed by atoms with Gasteiger partial charge in [0, 0.05) is 4.83 Å². The first-order valence-electron chi connectivity index (χ1n) is 1.95. The largest absolute Gasteiger partial charge is 0.234 e. The van der Waals surface area contributed by atoms with Gasteiger partial charge in [0.25, 0.3) is 0 Å². The Morgan fingerprint density at radius 3 is 2.71 bits per heavy atom. The minimum Gasteiger partial charge on any atom is -0.211 e. The lowest BCUT2D eigenvalue weighted by Gasteiger charge is -1.88. The molecule has 0 saturated carbocycles. The van der Waals surface area contributed by atoms with Crippen LogP contribution in [0.15, 0.2) is 4.99 Å². The van der Waals surface area contributed by atoms with E-state index in [-0.39, 0.29) is 4.83 Å². The molecule has 0 aliphatic carbocycles. The number of alkyl halides is 1. The van der Waals surface area contributed by atoms with Crippen LogP contribution in [0, 0.1) is 0 Å². The Bertz CT molecular complexity index is 85.7. The molecule has 0 aliphatic heterocycles. The number of carbonyl (C=O) groups excluding carboxylic acids is 1. The van der Waals surface area contributed by atoms with Gasteiger partial charge in [-0.25, -0.2) is 9.79 Å². The average Bonchev–Trinajstić information content (AvgIpc) is 1.61. The van der Waals surface area contributed by atoms with Crippen LogP contribution in [0.5, 0.6) is 0 Å². The van der Waals surface area contributed by atoms with E-state index in [0.29, 0.717) is 6.54 Å². The van der Waals surface area contributed by atoms with Crippen molar-refractivity contribution in [3.05, 3.63) is 0 Å². The average molecular weight is 164 g/mol. The molecule has 0 aliphatic rings. The van der Waals surface area contributed by atoms with E-state index < -0.39 is 0 Å². The van der Waals surface area contributed by atoms with Crippen LogP contribution in [-0.2, 0) is 4.79 Å². The monoisotopic (exact) mass is 163 g/mol. The standard InChI is InChI=1S/C4H6BrNO/c1-4(5)2-6-3-7/h4H,2H2,1H3. The third-order valence-electron chi connectivity index (χ3n) is 0.407. The Balaban J connectivity index is 3.13. The molecule has 3 heteroatoms. The predicted octanol–water partition coefficient (Wildman–Crippen LogP) is 1.11.